The molecule has 3 rings (SSSR count). The van der Waals surface area contributed by atoms with Crippen LogP contribution in [0.4, 0.5) is 0 Å². The van der Waals surface area contributed by atoms with Crippen LogP contribution in [0.2, 0.25) is 0 Å². The Labute approximate surface area is 174 Å². The van der Waals surface area contributed by atoms with Crippen molar-refractivity contribution in [1.82, 2.24) is 0 Å². The molecule has 0 N–H and O–H groups in total. The summed E-state index contributed by atoms with van der Waals surface area (Å²) in [6, 6.07) is 30.0. The summed E-state index contributed by atoms with van der Waals surface area (Å²) in [5.74, 6) is 3.33. The summed E-state index contributed by atoms with van der Waals surface area (Å²) in [6.07, 6.45) is 0. The first-order valence-electron chi connectivity index (χ1n) is 7.98. The molecule has 0 spiro atoms. The summed E-state index contributed by atoms with van der Waals surface area (Å²) >= 11 is 0. The Morgan fingerprint density at radius 2 is 1.28 bits per heavy atom. The van der Waals surface area contributed by atoms with E-state index in [1.807, 2.05) is 91.0 Å². The maximum atomic E-state index is 5.94. The fourth-order valence-electron chi connectivity index (χ4n) is 1.54. The van der Waals surface area contributed by atoms with Gasteiger partial charge in [-0.2, -0.15) is 47.4 Å². The zero-order chi connectivity index (χ0) is 17.7. The van der Waals surface area contributed by atoms with E-state index >= 15 is 0 Å². The Morgan fingerprint density at radius 3 is 1.60 bits per heavy atom. The van der Waals surface area contributed by atoms with Crippen molar-refractivity contribution in [3.05, 3.63) is 103 Å². The molecular formula is C23H25PZr-4. The van der Waals surface area contributed by atoms with Crippen LogP contribution < -0.4 is 0 Å². The maximum absolute atomic E-state index is 5.94. The largest absolute Gasteiger partial charge is 0.460 e. The second-order valence-electron chi connectivity index (χ2n) is 6.15. The van der Waals surface area contributed by atoms with Gasteiger partial charge in [0.25, 0.3) is 0 Å². The minimum Gasteiger partial charge on any atom is -0.460 e. The molecule has 0 aliphatic carbocycles. The van der Waals surface area contributed by atoms with Crippen LogP contribution in [0.15, 0.2) is 91.0 Å². The third kappa shape index (κ3) is 13.7. The van der Waals surface area contributed by atoms with E-state index in [0.29, 0.717) is 0 Å². The second kappa shape index (κ2) is 13.9. The van der Waals surface area contributed by atoms with Gasteiger partial charge in [-0.25, -0.2) is 29.6 Å². The van der Waals surface area contributed by atoms with Crippen molar-refractivity contribution >= 4 is 19.3 Å². The van der Waals surface area contributed by atoms with Gasteiger partial charge < -0.3 is 14.0 Å². The molecule has 0 aromatic heterocycles. The molecule has 2 heteroatoms. The average molecular weight is 424 g/mol. The van der Waals surface area contributed by atoms with Crippen LogP contribution in [0.25, 0.3) is 5.31 Å². The van der Waals surface area contributed by atoms with Gasteiger partial charge in [0.15, 0.2) is 0 Å². The molecule has 3 aromatic rings. The molecular weight excluding hydrogens is 398 g/mol. The van der Waals surface area contributed by atoms with Gasteiger partial charge in [0.2, 0.25) is 0 Å². The molecule has 0 bridgehead atoms. The summed E-state index contributed by atoms with van der Waals surface area (Å²) in [7, 11) is 0.980. The van der Waals surface area contributed by atoms with E-state index in [1.54, 1.807) is 0 Å². The van der Waals surface area contributed by atoms with Gasteiger partial charge in [-0.1, -0.05) is 39.0 Å². The van der Waals surface area contributed by atoms with Gasteiger partial charge >= 0.3 is 0 Å². The quantitative estimate of drug-likeness (QED) is 0.309. The van der Waals surface area contributed by atoms with Crippen molar-refractivity contribution in [3.63, 3.8) is 0 Å². The molecule has 0 amide bonds. The van der Waals surface area contributed by atoms with Gasteiger partial charge in [-0.05, 0) is 0 Å². The van der Waals surface area contributed by atoms with E-state index in [0.717, 1.165) is 19.1 Å². The zero-order valence-electron chi connectivity index (χ0n) is 15.2. The van der Waals surface area contributed by atoms with Crippen LogP contribution >= 0.6 is 8.20 Å². The summed E-state index contributed by atoms with van der Waals surface area (Å²) in [6.45, 7) is 12.3. The third-order valence-corrected chi connectivity index (χ3v) is 3.97. The first kappa shape index (κ1) is 23.7. The van der Waals surface area contributed by atoms with E-state index < -0.39 is 0 Å². The molecule has 25 heavy (non-hydrogen) atoms. The van der Waals surface area contributed by atoms with Crippen LogP contribution in [0.5, 0.6) is 0 Å². The Bertz CT molecular complexity index is 596. The first-order valence-corrected chi connectivity index (χ1v) is 8.87. The first-order chi connectivity index (χ1) is 11.5. The summed E-state index contributed by atoms with van der Waals surface area (Å²) in [5, 5.41) is 0.862. The van der Waals surface area contributed by atoms with Crippen molar-refractivity contribution < 1.29 is 26.2 Å². The minimum absolute atomic E-state index is 0. The van der Waals surface area contributed by atoms with E-state index in [2.05, 4.69) is 26.6 Å². The predicted octanol–water partition coefficient (Wildman–Crippen LogP) is 6.94. The molecule has 130 valence electrons. The topological polar surface area (TPSA) is 0 Å². The molecule has 3 aromatic carbocycles. The molecule has 0 atom stereocenters. The van der Waals surface area contributed by atoms with Crippen LogP contribution in [-0.4, -0.2) is 5.80 Å². The Hall–Kier alpha value is -1.29. The zero-order valence-corrected chi connectivity index (χ0v) is 18.5. The van der Waals surface area contributed by atoms with Gasteiger partial charge in [0.1, 0.15) is 0 Å². The normalized spacial score (nSPS) is 9.88. The van der Waals surface area contributed by atoms with Crippen LogP contribution in [0.3, 0.4) is 0 Å². The molecule has 0 radical (unpaired) electrons. The fourth-order valence-corrected chi connectivity index (χ4v) is 2.28. The minimum atomic E-state index is 0. The predicted molar refractivity (Wildman–Crippen MR) is 110 cm³/mol. The van der Waals surface area contributed by atoms with Crippen LogP contribution in [0, 0.1) is 12.0 Å². The Morgan fingerprint density at radius 1 is 0.840 bits per heavy atom. The Balaban J connectivity index is 0.000000425. The van der Waals surface area contributed by atoms with Crippen molar-refractivity contribution in [2.24, 2.45) is 5.41 Å². The van der Waals surface area contributed by atoms with Gasteiger partial charge in [0, 0.05) is 26.2 Å². The molecule has 0 fully saturated rings. The van der Waals surface area contributed by atoms with Crippen LogP contribution in [0.1, 0.15) is 26.3 Å². The number of hydrogen-bond acceptors (Lipinski definition) is 0. The van der Waals surface area contributed by atoms with Crippen molar-refractivity contribution in [3.8, 4) is 0 Å². The van der Waals surface area contributed by atoms with Crippen molar-refractivity contribution in [2.45, 2.75) is 20.8 Å². The van der Waals surface area contributed by atoms with E-state index in [9.17, 15) is 0 Å². The Kier molecular flexibility index (Phi) is 13.2. The van der Waals surface area contributed by atoms with Gasteiger partial charge in [-0.15, -0.1) is 12.1 Å². The summed E-state index contributed by atoms with van der Waals surface area (Å²) in [4.78, 5) is 0. The molecule has 0 saturated carbocycles. The molecule has 0 unspecified atom stereocenters. The van der Waals surface area contributed by atoms with Crippen molar-refractivity contribution in [2.75, 3.05) is 0 Å². The van der Waals surface area contributed by atoms with Crippen molar-refractivity contribution in [1.29, 1.82) is 0 Å². The maximum Gasteiger partial charge on any atom is 0 e. The number of rotatable bonds is 2. The molecule has 0 aliphatic rings. The van der Waals surface area contributed by atoms with E-state index in [1.165, 1.54) is 0 Å². The summed E-state index contributed by atoms with van der Waals surface area (Å²) < 4.78 is 0. The monoisotopic (exact) mass is 422 g/mol. The molecule has 0 heterocycles. The molecule has 0 nitrogen and oxygen atoms in total. The summed E-state index contributed by atoms with van der Waals surface area (Å²) in [5.41, 5.74) is 1.19. The number of benzene rings is 1. The fraction of sp³-hybridized carbons (Fsp3) is 0.174. The smallest absolute Gasteiger partial charge is 0 e. The molecule has 0 aliphatic heterocycles. The standard InChI is InChI=1S/C13H15P.2C5H5.Zr/c1-11(14-10-13(2,3)4)12-8-6-5-7-9-12;2*1-2-4-5-3-1;/h1,5-9H,2-4H3;2*1-5H;/q-2;2*-1;. The third-order valence-electron chi connectivity index (χ3n) is 2.69. The SMILES string of the molecule is [CH-]=C(P=[C-]C(C)(C)C)c1ccccc1.[Zr].c1cc[cH-]c1.c1cc[cH-]c1. The number of hydrogen-bond donors (Lipinski definition) is 0. The van der Waals surface area contributed by atoms with E-state index in [4.69, 9.17) is 6.58 Å². The van der Waals surface area contributed by atoms with E-state index in [-0.39, 0.29) is 31.6 Å². The second-order valence-corrected chi connectivity index (χ2v) is 7.08. The average Bonchev–Trinajstić information content (AvgIpc) is 3.30. The van der Waals surface area contributed by atoms with Gasteiger partial charge in [0.05, 0.1) is 0 Å². The van der Waals surface area contributed by atoms with Gasteiger partial charge in [-0.3, -0.25) is 6.58 Å². The van der Waals surface area contributed by atoms with Crippen LogP contribution in [-0.2, 0) is 26.2 Å². The molecule has 0 saturated heterocycles.